The van der Waals surface area contributed by atoms with Crippen LogP contribution in [0.3, 0.4) is 0 Å². The summed E-state index contributed by atoms with van der Waals surface area (Å²) in [5.74, 6) is 0. The molecule has 2 atom stereocenters. The van der Waals surface area contributed by atoms with E-state index in [1.807, 2.05) is 0 Å². The standard InChI is InChI=1S/C9H15NO3/c1-6(12)9-7(2-3-10-9)4-8(13)5-11/h2-3,6,8,10-13H,4-5H2,1H3. The van der Waals surface area contributed by atoms with Crippen molar-refractivity contribution in [3.8, 4) is 0 Å². The Morgan fingerprint density at radius 2 is 2.15 bits per heavy atom. The highest BCUT2D eigenvalue weighted by molar-refractivity contribution is 5.23. The van der Waals surface area contributed by atoms with Crippen molar-refractivity contribution in [2.24, 2.45) is 0 Å². The Hall–Kier alpha value is -0.840. The number of rotatable bonds is 4. The van der Waals surface area contributed by atoms with Crippen molar-refractivity contribution in [1.82, 2.24) is 4.98 Å². The van der Waals surface area contributed by atoms with Gasteiger partial charge in [-0.15, -0.1) is 0 Å². The van der Waals surface area contributed by atoms with Crippen molar-refractivity contribution >= 4 is 0 Å². The molecule has 0 amide bonds. The molecule has 13 heavy (non-hydrogen) atoms. The maximum Gasteiger partial charge on any atom is 0.0912 e. The molecule has 1 aromatic rings. The third-order valence-corrected chi connectivity index (χ3v) is 1.95. The van der Waals surface area contributed by atoms with Crippen LogP contribution in [0.4, 0.5) is 0 Å². The average molecular weight is 185 g/mol. The Balaban J connectivity index is 2.70. The number of aromatic amines is 1. The minimum absolute atomic E-state index is 0.259. The van der Waals surface area contributed by atoms with Crippen LogP contribution in [0.25, 0.3) is 0 Å². The minimum atomic E-state index is -0.756. The second-order valence-electron chi connectivity index (χ2n) is 3.13. The van der Waals surface area contributed by atoms with Crippen molar-refractivity contribution in [3.63, 3.8) is 0 Å². The Labute approximate surface area is 76.8 Å². The van der Waals surface area contributed by atoms with Gasteiger partial charge in [0.15, 0.2) is 0 Å². The highest BCUT2D eigenvalue weighted by atomic mass is 16.3. The molecule has 0 radical (unpaired) electrons. The molecule has 1 rings (SSSR count). The van der Waals surface area contributed by atoms with Crippen LogP contribution in [0, 0.1) is 0 Å². The molecule has 0 bridgehead atoms. The minimum Gasteiger partial charge on any atom is -0.394 e. The molecule has 4 N–H and O–H groups in total. The topological polar surface area (TPSA) is 76.5 Å². The SMILES string of the molecule is CC(O)c1[nH]ccc1CC(O)CO. The van der Waals surface area contributed by atoms with Gasteiger partial charge in [0.2, 0.25) is 0 Å². The van der Waals surface area contributed by atoms with Gasteiger partial charge in [0.05, 0.1) is 18.8 Å². The summed E-state index contributed by atoms with van der Waals surface area (Å²) >= 11 is 0. The van der Waals surface area contributed by atoms with Crippen LogP contribution in [-0.4, -0.2) is 33.0 Å². The molecule has 0 aromatic carbocycles. The summed E-state index contributed by atoms with van der Waals surface area (Å²) in [6.45, 7) is 1.39. The lowest BCUT2D eigenvalue weighted by Gasteiger charge is -2.09. The van der Waals surface area contributed by atoms with Crippen molar-refractivity contribution in [2.45, 2.75) is 25.6 Å². The van der Waals surface area contributed by atoms with Crippen LogP contribution < -0.4 is 0 Å². The van der Waals surface area contributed by atoms with Crippen LogP contribution in [0.1, 0.15) is 24.3 Å². The Morgan fingerprint density at radius 3 is 2.69 bits per heavy atom. The van der Waals surface area contributed by atoms with Crippen LogP contribution in [0.15, 0.2) is 12.3 Å². The van der Waals surface area contributed by atoms with Gasteiger partial charge in [-0.25, -0.2) is 0 Å². The van der Waals surface area contributed by atoms with Crippen LogP contribution in [0.2, 0.25) is 0 Å². The molecule has 74 valence electrons. The fraction of sp³-hybridized carbons (Fsp3) is 0.556. The molecule has 0 saturated carbocycles. The first-order valence-corrected chi connectivity index (χ1v) is 4.28. The molecular formula is C9H15NO3. The Kier molecular flexibility index (Phi) is 3.48. The monoisotopic (exact) mass is 185 g/mol. The van der Waals surface area contributed by atoms with Crippen LogP contribution in [-0.2, 0) is 6.42 Å². The fourth-order valence-electron chi connectivity index (χ4n) is 1.30. The molecule has 4 heteroatoms. The summed E-state index contributed by atoms with van der Waals surface area (Å²) in [6.07, 6.45) is 0.742. The number of nitrogens with one attached hydrogen (secondary N) is 1. The van der Waals surface area contributed by atoms with E-state index < -0.39 is 12.2 Å². The second kappa shape index (κ2) is 4.41. The molecule has 1 heterocycles. The lowest BCUT2D eigenvalue weighted by atomic mass is 10.1. The van der Waals surface area contributed by atoms with Crippen molar-refractivity contribution in [2.75, 3.05) is 6.61 Å². The van der Waals surface area contributed by atoms with E-state index in [1.165, 1.54) is 0 Å². The van der Waals surface area contributed by atoms with E-state index in [0.717, 1.165) is 5.56 Å². The van der Waals surface area contributed by atoms with E-state index in [1.54, 1.807) is 19.2 Å². The van der Waals surface area contributed by atoms with Gasteiger partial charge >= 0.3 is 0 Å². The molecule has 2 unspecified atom stereocenters. The lowest BCUT2D eigenvalue weighted by molar-refractivity contribution is 0.0946. The average Bonchev–Trinajstić information content (AvgIpc) is 2.52. The zero-order valence-corrected chi connectivity index (χ0v) is 7.57. The van der Waals surface area contributed by atoms with Gasteiger partial charge in [0.25, 0.3) is 0 Å². The summed E-state index contributed by atoms with van der Waals surface area (Å²) in [6, 6.07) is 1.79. The first-order valence-electron chi connectivity index (χ1n) is 4.28. The van der Waals surface area contributed by atoms with Gasteiger partial charge in [-0.2, -0.15) is 0 Å². The van der Waals surface area contributed by atoms with Gasteiger partial charge < -0.3 is 20.3 Å². The normalized spacial score (nSPS) is 15.7. The van der Waals surface area contributed by atoms with E-state index >= 15 is 0 Å². The molecule has 4 nitrogen and oxygen atoms in total. The van der Waals surface area contributed by atoms with E-state index in [2.05, 4.69) is 4.98 Å². The predicted molar refractivity (Wildman–Crippen MR) is 48.2 cm³/mol. The summed E-state index contributed by atoms with van der Waals surface area (Å²) in [5, 5.41) is 27.1. The highest BCUT2D eigenvalue weighted by Gasteiger charge is 2.12. The van der Waals surface area contributed by atoms with Crippen molar-refractivity contribution in [3.05, 3.63) is 23.5 Å². The molecule has 0 spiro atoms. The summed E-state index contributed by atoms with van der Waals surface area (Å²) < 4.78 is 0. The lowest BCUT2D eigenvalue weighted by Crippen LogP contribution is -2.16. The van der Waals surface area contributed by atoms with Crippen molar-refractivity contribution < 1.29 is 15.3 Å². The molecule has 0 aliphatic heterocycles. The molecule has 0 saturated heterocycles. The summed E-state index contributed by atoms with van der Waals surface area (Å²) in [4.78, 5) is 2.89. The zero-order valence-electron chi connectivity index (χ0n) is 7.57. The van der Waals surface area contributed by atoms with Crippen LogP contribution >= 0.6 is 0 Å². The van der Waals surface area contributed by atoms with Gasteiger partial charge in [-0.05, 0) is 18.6 Å². The van der Waals surface area contributed by atoms with Gasteiger partial charge in [0.1, 0.15) is 0 Å². The maximum atomic E-state index is 9.30. The Bertz CT molecular complexity index is 257. The number of aromatic nitrogens is 1. The number of aliphatic hydroxyl groups excluding tert-OH is 3. The molecular weight excluding hydrogens is 170 g/mol. The smallest absolute Gasteiger partial charge is 0.0912 e. The zero-order chi connectivity index (χ0) is 9.84. The molecule has 0 aliphatic carbocycles. The predicted octanol–water partition coefficient (Wildman–Crippen LogP) is -0.0363. The molecule has 0 aliphatic rings. The third-order valence-electron chi connectivity index (χ3n) is 1.95. The fourth-order valence-corrected chi connectivity index (χ4v) is 1.30. The van der Waals surface area contributed by atoms with Crippen LogP contribution in [0.5, 0.6) is 0 Å². The van der Waals surface area contributed by atoms with Gasteiger partial charge in [-0.1, -0.05) is 0 Å². The number of H-pyrrole nitrogens is 1. The number of aliphatic hydroxyl groups is 3. The summed E-state index contributed by atoms with van der Waals surface area (Å²) in [7, 11) is 0. The first kappa shape index (κ1) is 10.2. The van der Waals surface area contributed by atoms with Gasteiger partial charge in [0, 0.05) is 18.3 Å². The third kappa shape index (κ3) is 2.55. The first-order chi connectivity index (χ1) is 6.15. The second-order valence-corrected chi connectivity index (χ2v) is 3.13. The van der Waals surface area contributed by atoms with E-state index in [4.69, 9.17) is 5.11 Å². The Morgan fingerprint density at radius 1 is 1.46 bits per heavy atom. The number of hydrogen-bond donors (Lipinski definition) is 4. The van der Waals surface area contributed by atoms with E-state index in [0.29, 0.717) is 12.1 Å². The number of hydrogen-bond acceptors (Lipinski definition) is 3. The molecule has 1 aromatic heterocycles. The van der Waals surface area contributed by atoms with Crippen molar-refractivity contribution in [1.29, 1.82) is 0 Å². The quantitative estimate of drug-likeness (QED) is 0.532. The largest absolute Gasteiger partial charge is 0.394 e. The summed E-state index contributed by atoms with van der Waals surface area (Å²) in [5.41, 5.74) is 1.55. The highest BCUT2D eigenvalue weighted by Crippen LogP contribution is 2.16. The van der Waals surface area contributed by atoms with Gasteiger partial charge in [-0.3, -0.25) is 0 Å². The molecule has 0 fully saturated rings. The van der Waals surface area contributed by atoms with E-state index in [9.17, 15) is 10.2 Å². The maximum absolute atomic E-state index is 9.30. The van der Waals surface area contributed by atoms with E-state index in [-0.39, 0.29) is 6.61 Å².